The van der Waals surface area contributed by atoms with Crippen molar-refractivity contribution in [1.29, 1.82) is 0 Å². The van der Waals surface area contributed by atoms with E-state index in [1.54, 1.807) is 6.92 Å². The molecule has 0 fully saturated rings. The van der Waals surface area contributed by atoms with Crippen LogP contribution >= 0.6 is 15.9 Å². The van der Waals surface area contributed by atoms with Crippen LogP contribution in [0.15, 0.2) is 16.6 Å². The highest BCUT2D eigenvalue weighted by molar-refractivity contribution is 9.10. The van der Waals surface area contributed by atoms with E-state index in [0.717, 1.165) is 12.1 Å². The molecule has 0 amide bonds. The summed E-state index contributed by atoms with van der Waals surface area (Å²) >= 11 is 2.86. The number of halogens is 2. The van der Waals surface area contributed by atoms with Crippen LogP contribution in [0, 0.1) is 15.9 Å². The number of nitro groups is 1. The molecule has 0 aromatic heterocycles. The predicted molar refractivity (Wildman–Crippen MR) is 76.0 cm³/mol. The normalized spacial score (nSPS) is 12.0. The molecule has 0 spiro atoms. The fraction of sp³-hybridized carbons (Fsp3) is 0.417. The standard InChI is InChI=1S/C12H14BrFN2O5/c1-2-15-9(12(17)18)3-4-21-11-6-8(14)7(13)5-10(11)16(19)20/h5-6,9,15H,2-4H2,1H3,(H,17,18). The fourth-order valence-electron chi connectivity index (χ4n) is 1.62. The number of nitrogens with zero attached hydrogens (tertiary/aromatic N) is 1. The van der Waals surface area contributed by atoms with E-state index in [1.165, 1.54) is 0 Å². The van der Waals surface area contributed by atoms with Crippen molar-refractivity contribution < 1.29 is 24.0 Å². The largest absolute Gasteiger partial charge is 0.487 e. The first-order valence-electron chi connectivity index (χ1n) is 6.09. The third kappa shape index (κ3) is 4.94. The number of hydrogen-bond donors (Lipinski definition) is 2. The third-order valence-electron chi connectivity index (χ3n) is 2.61. The molecule has 0 bridgehead atoms. The summed E-state index contributed by atoms with van der Waals surface area (Å²) in [6.07, 6.45) is 0.0952. The molecule has 0 heterocycles. The van der Waals surface area contributed by atoms with Crippen LogP contribution in [-0.2, 0) is 4.79 Å². The van der Waals surface area contributed by atoms with Crippen molar-refractivity contribution >= 4 is 27.6 Å². The van der Waals surface area contributed by atoms with Gasteiger partial charge in [0, 0.05) is 18.6 Å². The van der Waals surface area contributed by atoms with Gasteiger partial charge in [0.1, 0.15) is 11.9 Å². The summed E-state index contributed by atoms with van der Waals surface area (Å²) < 4.78 is 18.5. The highest BCUT2D eigenvalue weighted by Gasteiger charge is 2.20. The summed E-state index contributed by atoms with van der Waals surface area (Å²) in [5.74, 6) is -1.98. The summed E-state index contributed by atoms with van der Waals surface area (Å²) in [4.78, 5) is 21.1. The van der Waals surface area contributed by atoms with Crippen molar-refractivity contribution in [2.24, 2.45) is 0 Å². The van der Waals surface area contributed by atoms with Gasteiger partial charge in [0.05, 0.1) is 16.0 Å². The van der Waals surface area contributed by atoms with E-state index < -0.39 is 28.4 Å². The summed E-state index contributed by atoms with van der Waals surface area (Å²) in [7, 11) is 0. The molecule has 0 aliphatic heterocycles. The van der Waals surface area contributed by atoms with Gasteiger partial charge in [0.2, 0.25) is 0 Å². The second-order valence-electron chi connectivity index (χ2n) is 4.08. The van der Waals surface area contributed by atoms with E-state index in [-0.39, 0.29) is 23.2 Å². The van der Waals surface area contributed by atoms with Crippen LogP contribution in [-0.4, -0.2) is 35.2 Å². The maximum absolute atomic E-state index is 13.4. The number of aliphatic carboxylic acids is 1. The maximum Gasteiger partial charge on any atom is 0.320 e. The number of nitro benzene ring substituents is 1. The molecule has 0 saturated heterocycles. The molecule has 1 aromatic carbocycles. The lowest BCUT2D eigenvalue weighted by Crippen LogP contribution is -2.37. The molecular formula is C12H14BrFN2O5. The number of carbonyl (C=O) groups is 1. The Morgan fingerprint density at radius 3 is 2.81 bits per heavy atom. The van der Waals surface area contributed by atoms with Crippen LogP contribution in [0.25, 0.3) is 0 Å². The quantitative estimate of drug-likeness (QED) is 0.542. The second-order valence-corrected chi connectivity index (χ2v) is 4.93. The second kappa shape index (κ2) is 7.89. The van der Waals surface area contributed by atoms with Gasteiger partial charge in [-0.15, -0.1) is 0 Å². The number of likely N-dealkylation sites (N-methyl/N-ethyl adjacent to an activating group) is 1. The first-order chi connectivity index (χ1) is 9.86. The van der Waals surface area contributed by atoms with Crippen molar-refractivity contribution in [3.8, 4) is 5.75 Å². The minimum atomic E-state index is -1.04. The van der Waals surface area contributed by atoms with Gasteiger partial charge in [-0.1, -0.05) is 6.92 Å². The van der Waals surface area contributed by atoms with Crippen LogP contribution in [0.2, 0.25) is 0 Å². The van der Waals surface area contributed by atoms with Gasteiger partial charge in [-0.25, -0.2) is 4.39 Å². The average molecular weight is 365 g/mol. The molecule has 0 aliphatic rings. The Balaban J connectivity index is 2.77. The minimum Gasteiger partial charge on any atom is -0.487 e. The Labute approximate surface area is 128 Å². The van der Waals surface area contributed by atoms with Crippen molar-refractivity contribution in [3.63, 3.8) is 0 Å². The van der Waals surface area contributed by atoms with E-state index >= 15 is 0 Å². The van der Waals surface area contributed by atoms with Crippen LogP contribution < -0.4 is 10.1 Å². The molecule has 2 N–H and O–H groups in total. The van der Waals surface area contributed by atoms with Gasteiger partial charge in [0.25, 0.3) is 0 Å². The van der Waals surface area contributed by atoms with Crippen LogP contribution in [0.5, 0.6) is 5.75 Å². The van der Waals surface area contributed by atoms with Crippen molar-refractivity contribution in [2.75, 3.05) is 13.2 Å². The molecule has 1 rings (SSSR count). The zero-order chi connectivity index (χ0) is 16.0. The van der Waals surface area contributed by atoms with E-state index in [0.29, 0.717) is 6.54 Å². The number of rotatable bonds is 8. The molecule has 1 aromatic rings. The molecule has 1 unspecified atom stereocenters. The molecule has 0 radical (unpaired) electrons. The van der Waals surface area contributed by atoms with Crippen LogP contribution in [0.4, 0.5) is 10.1 Å². The summed E-state index contributed by atoms with van der Waals surface area (Å²) in [5.41, 5.74) is -0.390. The number of carboxylic acids is 1. The zero-order valence-corrected chi connectivity index (χ0v) is 12.7. The number of carboxylic acid groups (broad SMARTS) is 1. The summed E-state index contributed by atoms with van der Waals surface area (Å²) in [5, 5.41) is 22.5. The molecular weight excluding hydrogens is 351 g/mol. The molecule has 116 valence electrons. The van der Waals surface area contributed by atoms with Gasteiger partial charge >= 0.3 is 11.7 Å². The lowest BCUT2D eigenvalue weighted by molar-refractivity contribution is -0.386. The number of hydrogen-bond acceptors (Lipinski definition) is 5. The fourth-order valence-corrected chi connectivity index (χ4v) is 1.95. The van der Waals surface area contributed by atoms with E-state index in [2.05, 4.69) is 21.2 Å². The smallest absolute Gasteiger partial charge is 0.320 e. The Bertz CT molecular complexity index is 541. The van der Waals surface area contributed by atoms with Gasteiger partial charge in [0.15, 0.2) is 5.75 Å². The van der Waals surface area contributed by atoms with Gasteiger partial charge in [-0.3, -0.25) is 14.9 Å². The topological polar surface area (TPSA) is 102 Å². The van der Waals surface area contributed by atoms with Crippen molar-refractivity contribution in [3.05, 3.63) is 32.5 Å². The van der Waals surface area contributed by atoms with E-state index in [9.17, 15) is 19.3 Å². The number of nitrogens with one attached hydrogen (secondary N) is 1. The van der Waals surface area contributed by atoms with E-state index in [1.807, 2.05) is 0 Å². The lowest BCUT2D eigenvalue weighted by Gasteiger charge is -2.13. The number of ether oxygens (including phenoxy) is 1. The lowest BCUT2D eigenvalue weighted by atomic mass is 10.2. The molecule has 1 atom stereocenters. The van der Waals surface area contributed by atoms with Crippen molar-refractivity contribution in [1.82, 2.24) is 5.32 Å². The monoisotopic (exact) mass is 364 g/mol. The first kappa shape index (κ1) is 17.3. The molecule has 7 nitrogen and oxygen atoms in total. The SMILES string of the molecule is CCNC(CCOc1cc(F)c(Br)cc1[N+](=O)[O-])C(=O)O. The zero-order valence-electron chi connectivity index (χ0n) is 11.1. The highest BCUT2D eigenvalue weighted by atomic mass is 79.9. The Kier molecular flexibility index (Phi) is 6.50. The molecule has 21 heavy (non-hydrogen) atoms. The minimum absolute atomic E-state index is 0.0439. The summed E-state index contributed by atoms with van der Waals surface area (Å²) in [6, 6.07) is 1.07. The van der Waals surface area contributed by atoms with E-state index in [4.69, 9.17) is 9.84 Å². The van der Waals surface area contributed by atoms with Crippen molar-refractivity contribution in [2.45, 2.75) is 19.4 Å². The predicted octanol–water partition coefficient (Wildman–Crippen LogP) is 2.33. The van der Waals surface area contributed by atoms with Crippen LogP contribution in [0.3, 0.4) is 0 Å². The Morgan fingerprint density at radius 1 is 1.62 bits per heavy atom. The third-order valence-corrected chi connectivity index (χ3v) is 3.22. The van der Waals surface area contributed by atoms with Crippen LogP contribution in [0.1, 0.15) is 13.3 Å². The molecule has 0 aliphatic carbocycles. The Morgan fingerprint density at radius 2 is 2.29 bits per heavy atom. The molecule has 9 heteroatoms. The highest BCUT2D eigenvalue weighted by Crippen LogP contribution is 2.32. The molecule has 0 saturated carbocycles. The number of benzene rings is 1. The summed E-state index contributed by atoms with van der Waals surface area (Å²) in [6.45, 7) is 2.13. The van der Waals surface area contributed by atoms with Gasteiger partial charge in [-0.05, 0) is 22.5 Å². The average Bonchev–Trinajstić information content (AvgIpc) is 2.40. The van der Waals surface area contributed by atoms with Gasteiger partial charge in [-0.2, -0.15) is 0 Å². The van der Waals surface area contributed by atoms with Gasteiger partial charge < -0.3 is 15.2 Å². The maximum atomic E-state index is 13.4. The first-order valence-corrected chi connectivity index (χ1v) is 6.88. The Hall–Kier alpha value is -1.74.